The molecule has 1 unspecified atom stereocenters. The van der Waals surface area contributed by atoms with Gasteiger partial charge in [0, 0.05) is 51.4 Å². The number of amides is 1. The standard InChI is InChI=1S/C57H87NO19/c1-31-16-12-11-13-17-32(2)45(71-9)28-40-21-19-38(8)56(69,76-40)52(65)53(66)58-23-15-14-18-41(58)54(67)74-46(29-42(59)33(3)25-37(7)48(62)50(72-10)47(61)36(6)24-31)35(5)27-39-20-22-44(34(4)26-39)75-55(68)77-57(70)51(64)49(63)43(60)30-73-57/h11-13,16-17,25,31,33-36,38-41,43-46,48-51,60,62-64,69-70H,14-15,18-24,26-30H2,1-10H3/b13-11?,16-12+,32-17?,37-25+/t31-,33-,34-,35-,36-,38-,39+,40+,41+,43+,44-,45+,46+,48-,49+,50+,51?,56-,57+/m1/s1. The Morgan fingerprint density at radius 1 is 0.857 bits per heavy atom. The van der Waals surface area contributed by atoms with E-state index in [4.69, 9.17) is 33.2 Å². The number of cyclic esters (lactones) is 1. The molecule has 1 amide bonds. The zero-order valence-corrected chi connectivity index (χ0v) is 46.6. The zero-order chi connectivity index (χ0) is 57.1. The van der Waals surface area contributed by atoms with Crippen molar-refractivity contribution < 1.29 is 92.6 Å². The molecular formula is C57H87NO19. The first-order valence-electron chi connectivity index (χ1n) is 27.5. The van der Waals surface area contributed by atoms with Crippen molar-refractivity contribution in [2.24, 2.45) is 41.4 Å². The Hall–Kier alpha value is -4.22. The molecule has 20 heteroatoms. The molecule has 4 fully saturated rings. The summed E-state index contributed by atoms with van der Waals surface area (Å²) >= 11 is 0. The number of methoxy groups -OCH3 is 2. The molecular weight excluding hydrogens is 1000 g/mol. The van der Waals surface area contributed by atoms with Crippen LogP contribution in [0.4, 0.5) is 4.79 Å². The van der Waals surface area contributed by atoms with Crippen LogP contribution in [-0.2, 0) is 57.1 Å². The first-order valence-corrected chi connectivity index (χ1v) is 27.5. The van der Waals surface area contributed by atoms with Gasteiger partial charge < -0.3 is 68.7 Å². The summed E-state index contributed by atoms with van der Waals surface area (Å²) in [7, 11) is 2.90. The average molecular weight is 1090 g/mol. The van der Waals surface area contributed by atoms with Crippen molar-refractivity contribution in [2.45, 2.75) is 205 Å². The normalized spacial score (nSPS) is 40.8. The molecule has 3 saturated heterocycles. The van der Waals surface area contributed by atoms with Gasteiger partial charge in [0.25, 0.3) is 11.7 Å². The highest BCUT2D eigenvalue weighted by Crippen LogP contribution is 2.39. The zero-order valence-electron chi connectivity index (χ0n) is 46.6. The van der Waals surface area contributed by atoms with Crippen molar-refractivity contribution in [2.75, 3.05) is 27.4 Å². The number of hydrogen-bond acceptors (Lipinski definition) is 19. The number of fused-ring (bicyclic) bond motifs is 3. The van der Waals surface area contributed by atoms with Crippen LogP contribution in [0.25, 0.3) is 0 Å². The molecule has 0 spiro atoms. The number of carbonyl (C=O) groups is 6. The molecule has 19 atom stereocenters. The van der Waals surface area contributed by atoms with Crippen molar-refractivity contribution in [1.29, 1.82) is 0 Å². The number of carbonyl (C=O) groups excluding carboxylic acids is 6. The summed E-state index contributed by atoms with van der Waals surface area (Å²) < 4.78 is 39.2. The van der Waals surface area contributed by atoms with Gasteiger partial charge in [0.2, 0.25) is 5.79 Å². The number of esters is 1. The minimum absolute atomic E-state index is 0.0214. The Morgan fingerprint density at radius 3 is 2.25 bits per heavy atom. The van der Waals surface area contributed by atoms with E-state index in [9.17, 15) is 59.4 Å². The molecule has 2 bridgehead atoms. The van der Waals surface area contributed by atoms with Gasteiger partial charge in [-0.3, -0.25) is 19.2 Å². The van der Waals surface area contributed by atoms with Crippen LogP contribution in [0.1, 0.15) is 132 Å². The summed E-state index contributed by atoms with van der Waals surface area (Å²) in [5, 5.41) is 64.1. The van der Waals surface area contributed by atoms with Crippen LogP contribution in [0.5, 0.6) is 0 Å². The second-order valence-corrected chi connectivity index (χ2v) is 22.7. The number of allylic oxidation sites excluding steroid dienone is 6. The van der Waals surface area contributed by atoms with Crippen LogP contribution in [0, 0.1) is 41.4 Å². The van der Waals surface area contributed by atoms with E-state index in [1.54, 1.807) is 40.9 Å². The minimum atomic E-state index is -2.96. The SMILES string of the molecule is CO[C@H]1C[C@@H]2CC[C@@H](C)[C@@](O)(O2)C(=O)C(=O)N2CCCC[C@H]2C(=O)O[C@H]([C@H](C)C[C@H]2CC[C@@H](OC(=O)O[C@@]3(O)OC[C@H](O)[C@H](O)C3O)[C@H](C)C2)CC(=O)[C@H](C)/C=C(\C)[C@@H](O)[C@@H](OC)C(=O)[C@H](C)C[C@H](C)/C=C/C=CC=C1C. The maximum atomic E-state index is 14.6. The molecule has 20 nitrogen and oxygen atoms in total. The van der Waals surface area contributed by atoms with E-state index in [2.05, 4.69) is 0 Å². The largest absolute Gasteiger partial charge is 0.512 e. The number of rotatable bonds is 7. The van der Waals surface area contributed by atoms with Crippen LogP contribution < -0.4 is 0 Å². The summed E-state index contributed by atoms with van der Waals surface area (Å²) in [5.41, 5.74) is 1.18. The highest BCUT2D eigenvalue weighted by Gasteiger charge is 2.54. The fourth-order valence-electron chi connectivity index (χ4n) is 11.5. The number of hydrogen-bond donors (Lipinski definition) is 6. The van der Waals surface area contributed by atoms with Crippen LogP contribution >= 0.6 is 0 Å². The van der Waals surface area contributed by atoms with Gasteiger partial charge in [0.1, 0.15) is 48.4 Å². The first-order chi connectivity index (χ1) is 36.2. The van der Waals surface area contributed by atoms with Crippen molar-refractivity contribution >= 4 is 35.4 Å². The van der Waals surface area contributed by atoms with Gasteiger partial charge in [-0.1, -0.05) is 78.0 Å². The third-order valence-electron chi connectivity index (χ3n) is 16.5. The molecule has 0 radical (unpaired) electrons. The molecule has 434 valence electrons. The maximum Gasteiger partial charge on any atom is 0.512 e. The number of Topliss-reactive ketones (excluding diaryl/α,β-unsaturated/α-hetero) is 3. The van der Waals surface area contributed by atoms with E-state index in [0.717, 1.165) is 10.5 Å². The fourth-order valence-corrected chi connectivity index (χ4v) is 11.5. The van der Waals surface area contributed by atoms with E-state index >= 15 is 0 Å². The molecule has 4 heterocycles. The van der Waals surface area contributed by atoms with Crippen molar-refractivity contribution in [3.05, 3.63) is 47.6 Å². The monoisotopic (exact) mass is 1090 g/mol. The predicted molar refractivity (Wildman–Crippen MR) is 278 cm³/mol. The molecule has 0 aromatic rings. The molecule has 1 saturated carbocycles. The Kier molecular flexibility index (Phi) is 23.4. The lowest BCUT2D eigenvalue weighted by molar-refractivity contribution is -0.415. The molecule has 5 rings (SSSR count). The van der Waals surface area contributed by atoms with Gasteiger partial charge in [-0.2, -0.15) is 0 Å². The third kappa shape index (κ3) is 16.2. The van der Waals surface area contributed by atoms with Crippen molar-refractivity contribution in [3.63, 3.8) is 0 Å². The fraction of sp³-hybridized carbons (Fsp3) is 0.754. The van der Waals surface area contributed by atoms with Crippen LogP contribution in [-0.4, -0.2) is 171 Å². The van der Waals surface area contributed by atoms with Crippen LogP contribution in [0.2, 0.25) is 0 Å². The van der Waals surface area contributed by atoms with Crippen molar-refractivity contribution in [1.82, 2.24) is 4.90 Å². The number of ketones is 3. The Morgan fingerprint density at radius 2 is 1.57 bits per heavy atom. The molecule has 0 aromatic carbocycles. The lowest BCUT2D eigenvalue weighted by Crippen LogP contribution is -2.62. The third-order valence-corrected chi connectivity index (χ3v) is 16.5. The molecule has 77 heavy (non-hydrogen) atoms. The minimum Gasteiger partial charge on any atom is -0.460 e. The molecule has 6 N–H and O–H groups in total. The molecule has 1 aliphatic carbocycles. The van der Waals surface area contributed by atoms with Gasteiger partial charge in [0.05, 0.1) is 18.8 Å². The Balaban J connectivity index is 1.41. The first kappa shape index (κ1) is 63.6. The number of piperidine rings is 1. The average Bonchev–Trinajstić information content (AvgIpc) is 3.39. The highest BCUT2D eigenvalue weighted by molar-refractivity contribution is 6.39. The Bertz CT molecular complexity index is 2180. The summed E-state index contributed by atoms with van der Waals surface area (Å²) in [5.74, 6) is -12.1. The summed E-state index contributed by atoms with van der Waals surface area (Å²) in [6, 6.07) is -1.23. The second-order valence-electron chi connectivity index (χ2n) is 22.7. The highest BCUT2D eigenvalue weighted by atomic mass is 16.9. The lowest BCUT2D eigenvalue weighted by Gasteiger charge is -2.42. The summed E-state index contributed by atoms with van der Waals surface area (Å²) in [6.07, 6.45) is 2.91. The summed E-state index contributed by atoms with van der Waals surface area (Å²) in [4.78, 5) is 85.3. The van der Waals surface area contributed by atoms with Gasteiger partial charge in [0.15, 0.2) is 11.9 Å². The number of aliphatic hydroxyl groups excluding tert-OH is 4. The topological polar surface area (TPSA) is 292 Å². The van der Waals surface area contributed by atoms with E-state index in [-0.39, 0.29) is 55.1 Å². The smallest absolute Gasteiger partial charge is 0.460 e. The van der Waals surface area contributed by atoms with E-state index < -0.39 is 127 Å². The molecule has 5 aliphatic rings. The molecule has 0 aromatic heterocycles. The number of aliphatic hydroxyl groups is 6. The predicted octanol–water partition coefficient (Wildman–Crippen LogP) is 4.72. The van der Waals surface area contributed by atoms with Crippen LogP contribution in [0.3, 0.4) is 0 Å². The van der Waals surface area contributed by atoms with E-state index in [1.807, 2.05) is 58.1 Å². The second kappa shape index (κ2) is 28.3. The van der Waals surface area contributed by atoms with Gasteiger partial charge in [-0.15, -0.1) is 0 Å². The van der Waals surface area contributed by atoms with Gasteiger partial charge in [-0.25, -0.2) is 9.59 Å². The van der Waals surface area contributed by atoms with E-state index in [0.29, 0.717) is 63.4 Å². The lowest BCUT2D eigenvalue weighted by atomic mass is 9.75. The summed E-state index contributed by atoms with van der Waals surface area (Å²) in [6.45, 7) is 13.6. The van der Waals surface area contributed by atoms with E-state index in [1.165, 1.54) is 7.11 Å². The van der Waals surface area contributed by atoms with Gasteiger partial charge >= 0.3 is 18.1 Å². The Labute approximate surface area is 453 Å². The number of ether oxygens (including phenoxy) is 7. The molecule has 4 aliphatic heterocycles. The van der Waals surface area contributed by atoms with Crippen molar-refractivity contribution in [3.8, 4) is 0 Å². The van der Waals surface area contributed by atoms with Gasteiger partial charge in [-0.05, 0) is 113 Å². The number of nitrogens with zero attached hydrogens (tertiary/aromatic N) is 1. The quantitative estimate of drug-likeness (QED) is 0.0870. The van der Waals surface area contributed by atoms with Crippen LogP contribution in [0.15, 0.2) is 47.6 Å². The maximum absolute atomic E-state index is 14.6.